The number of likely N-dealkylation sites (tertiary alicyclic amines) is 1. The predicted octanol–water partition coefficient (Wildman–Crippen LogP) is 1.97. The third-order valence-electron chi connectivity index (χ3n) is 5.15. The smallest absolute Gasteiger partial charge is 0.257 e. The fourth-order valence-corrected chi connectivity index (χ4v) is 3.67. The molecule has 0 saturated carbocycles. The van der Waals surface area contributed by atoms with Gasteiger partial charge < -0.3 is 5.73 Å². The second-order valence-corrected chi connectivity index (χ2v) is 7.30. The van der Waals surface area contributed by atoms with Crippen molar-refractivity contribution in [1.29, 1.82) is 0 Å². The Labute approximate surface area is 166 Å². The SMILES string of the molecule is CC/C=C1/C(=O)N(C2CCC(=O)NC2=O)C(=O)C1/C=C\CCCCCCCN. The Balaban J connectivity index is 2.01. The van der Waals surface area contributed by atoms with Crippen LogP contribution < -0.4 is 11.1 Å². The standard InChI is InChI=1S/C21H31N3O4/c1-2-10-15-16(11-8-6-4-3-5-7-9-14-22)21(28)24(20(15)27)17-12-13-18(25)23-19(17)26/h8,10-11,16-17H,2-7,9,12-14,22H2,1H3,(H,23,25,26)/b11-8-,15-10+. The Hall–Kier alpha value is -2.28. The summed E-state index contributed by atoms with van der Waals surface area (Å²) in [6, 6.07) is -0.904. The highest BCUT2D eigenvalue weighted by molar-refractivity contribution is 6.18. The van der Waals surface area contributed by atoms with E-state index in [0.717, 1.165) is 50.0 Å². The van der Waals surface area contributed by atoms with Crippen LogP contribution in [-0.2, 0) is 19.2 Å². The minimum Gasteiger partial charge on any atom is -0.330 e. The number of carbonyl (C=O) groups excluding carboxylic acids is 4. The molecular weight excluding hydrogens is 358 g/mol. The number of nitrogens with two attached hydrogens (primary N) is 1. The van der Waals surface area contributed by atoms with E-state index in [1.807, 2.05) is 13.0 Å². The van der Waals surface area contributed by atoms with Gasteiger partial charge in [0.25, 0.3) is 5.91 Å². The number of unbranched alkanes of at least 4 members (excludes halogenated alkanes) is 5. The van der Waals surface area contributed by atoms with Gasteiger partial charge in [-0.2, -0.15) is 0 Å². The first kappa shape index (κ1) is 22.0. The van der Waals surface area contributed by atoms with Crippen molar-refractivity contribution in [2.45, 2.75) is 70.8 Å². The highest BCUT2D eigenvalue weighted by Gasteiger charge is 2.48. The van der Waals surface area contributed by atoms with Crippen LogP contribution in [0.4, 0.5) is 0 Å². The van der Waals surface area contributed by atoms with Gasteiger partial charge in [-0.25, -0.2) is 0 Å². The fourth-order valence-electron chi connectivity index (χ4n) is 3.67. The first-order chi connectivity index (χ1) is 13.5. The molecule has 2 saturated heterocycles. The quantitative estimate of drug-likeness (QED) is 0.257. The van der Waals surface area contributed by atoms with Crippen molar-refractivity contribution in [3.8, 4) is 0 Å². The molecule has 0 aliphatic carbocycles. The topological polar surface area (TPSA) is 110 Å². The molecule has 2 rings (SSSR count). The van der Waals surface area contributed by atoms with Gasteiger partial charge in [0.1, 0.15) is 6.04 Å². The van der Waals surface area contributed by atoms with Crippen LogP contribution in [0.25, 0.3) is 0 Å². The maximum Gasteiger partial charge on any atom is 0.257 e. The molecule has 28 heavy (non-hydrogen) atoms. The maximum atomic E-state index is 12.9. The average Bonchev–Trinajstić information content (AvgIpc) is 2.88. The summed E-state index contributed by atoms with van der Waals surface area (Å²) in [5, 5.41) is 2.22. The summed E-state index contributed by atoms with van der Waals surface area (Å²) in [5.74, 6) is -2.38. The molecular formula is C21H31N3O4. The minimum atomic E-state index is -0.904. The number of allylic oxidation sites excluding steroid dienone is 2. The minimum absolute atomic E-state index is 0.130. The van der Waals surface area contributed by atoms with Gasteiger partial charge in [-0.15, -0.1) is 0 Å². The summed E-state index contributed by atoms with van der Waals surface area (Å²) in [4.78, 5) is 50.3. The number of piperidine rings is 1. The van der Waals surface area contributed by atoms with E-state index in [0.29, 0.717) is 12.0 Å². The molecule has 7 heteroatoms. The zero-order valence-electron chi connectivity index (χ0n) is 16.6. The fraction of sp³-hybridized carbons (Fsp3) is 0.619. The lowest BCUT2D eigenvalue weighted by Gasteiger charge is -2.27. The summed E-state index contributed by atoms with van der Waals surface area (Å²) in [6.07, 6.45) is 12.8. The van der Waals surface area contributed by atoms with Crippen molar-refractivity contribution < 1.29 is 19.2 Å². The van der Waals surface area contributed by atoms with E-state index >= 15 is 0 Å². The summed E-state index contributed by atoms with van der Waals surface area (Å²) in [5.41, 5.74) is 5.91. The van der Waals surface area contributed by atoms with Gasteiger partial charge in [-0.05, 0) is 38.6 Å². The number of imide groups is 2. The molecule has 2 fully saturated rings. The molecule has 0 aromatic carbocycles. The molecule has 154 valence electrons. The van der Waals surface area contributed by atoms with Crippen molar-refractivity contribution in [3.05, 3.63) is 23.8 Å². The lowest BCUT2D eigenvalue weighted by Crippen LogP contribution is -2.54. The van der Waals surface area contributed by atoms with Gasteiger partial charge in [-0.1, -0.05) is 44.4 Å². The monoisotopic (exact) mass is 389 g/mol. The summed E-state index contributed by atoms with van der Waals surface area (Å²) in [7, 11) is 0. The molecule has 0 radical (unpaired) electrons. The Bertz CT molecular complexity index is 669. The lowest BCUT2D eigenvalue weighted by molar-refractivity contribution is -0.150. The summed E-state index contributed by atoms with van der Waals surface area (Å²) >= 11 is 0. The van der Waals surface area contributed by atoms with Crippen LogP contribution >= 0.6 is 0 Å². The molecule has 3 N–H and O–H groups in total. The van der Waals surface area contributed by atoms with E-state index < -0.39 is 23.8 Å². The normalized spacial score (nSPS) is 24.6. The van der Waals surface area contributed by atoms with Gasteiger partial charge in [0.15, 0.2) is 0 Å². The lowest BCUT2D eigenvalue weighted by atomic mass is 9.99. The molecule has 2 unspecified atom stereocenters. The zero-order valence-corrected chi connectivity index (χ0v) is 16.6. The van der Waals surface area contributed by atoms with Crippen molar-refractivity contribution >= 4 is 23.6 Å². The number of nitrogens with one attached hydrogen (secondary N) is 1. The molecule has 0 aromatic heterocycles. The predicted molar refractivity (Wildman–Crippen MR) is 106 cm³/mol. The van der Waals surface area contributed by atoms with Crippen LogP contribution in [0.3, 0.4) is 0 Å². The highest BCUT2D eigenvalue weighted by atomic mass is 16.2. The first-order valence-corrected chi connectivity index (χ1v) is 10.3. The molecule has 2 aliphatic rings. The van der Waals surface area contributed by atoms with Gasteiger partial charge in [0.05, 0.1) is 5.92 Å². The van der Waals surface area contributed by atoms with E-state index in [9.17, 15) is 19.2 Å². The Kier molecular flexibility index (Phi) is 8.57. The van der Waals surface area contributed by atoms with Crippen LogP contribution in [0.2, 0.25) is 0 Å². The third-order valence-corrected chi connectivity index (χ3v) is 5.15. The molecule has 4 amide bonds. The second kappa shape index (κ2) is 10.9. The summed E-state index contributed by atoms with van der Waals surface area (Å²) in [6.45, 7) is 2.63. The Morgan fingerprint density at radius 3 is 2.50 bits per heavy atom. The zero-order chi connectivity index (χ0) is 20.5. The van der Waals surface area contributed by atoms with Crippen LogP contribution in [-0.4, -0.2) is 41.1 Å². The largest absolute Gasteiger partial charge is 0.330 e. The van der Waals surface area contributed by atoms with Crippen molar-refractivity contribution in [3.63, 3.8) is 0 Å². The van der Waals surface area contributed by atoms with E-state index in [-0.39, 0.29) is 24.7 Å². The third kappa shape index (κ3) is 5.38. The van der Waals surface area contributed by atoms with E-state index in [2.05, 4.69) is 5.32 Å². The Morgan fingerprint density at radius 2 is 1.82 bits per heavy atom. The molecule has 0 spiro atoms. The number of rotatable bonds is 10. The van der Waals surface area contributed by atoms with Crippen LogP contribution in [0.5, 0.6) is 0 Å². The number of nitrogens with zero attached hydrogens (tertiary/aromatic N) is 1. The van der Waals surface area contributed by atoms with E-state index in [4.69, 9.17) is 5.73 Å². The molecule has 2 atom stereocenters. The van der Waals surface area contributed by atoms with E-state index in [1.165, 1.54) is 0 Å². The number of hydrogen-bond acceptors (Lipinski definition) is 5. The molecule has 0 bridgehead atoms. The maximum absolute atomic E-state index is 12.9. The Morgan fingerprint density at radius 1 is 1.11 bits per heavy atom. The van der Waals surface area contributed by atoms with Gasteiger partial charge >= 0.3 is 0 Å². The van der Waals surface area contributed by atoms with Crippen LogP contribution in [0, 0.1) is 5.92 Å². The van der Waals surface area contributed by atoms with E-state index in [1.54, 1.807) is 12.2 Å². The van der Waals surface area contributed by atoms with Crippen molar-refractivity contribution in [2.24, 2.45) is 11.7 Å². The van der Waals surface area contributed by atoms with Crippen LogP contribution in [0.15, 0.2) is 23.8 Å². The number of hydrogen-bond donors (Lipinski definition) is 2. The number of carbonyl (C=O) groups is 4. The number of amides is 4. The van der Waals surface area contributed by atoms with Gasteiger partial charge in [0, 0.05) is 12.0 Å². The van der Waals surface area contributed by atoms with Crippen molar-refractivity contribution in [1.82, 2.24) is 10.2 Å². The molecule has 2 aliphatic heterocycles. The highest BCUT2D eigenvalue weighted by Crippen LogP contribution is 2.31. The molecule has 0 aromatic rings. The molecule has 7 nitrogen and oxygen atoms in total. The first-order valence-electron chi connectivity index (χ1n) is 10.3. The van der Waals surface area contributed by atoms with Crippen LogP contribution in [0.1, 0.15) is 64.7 Å². The van der Waals surface area contributed by atoms with Gasteiger partial charge in [-0.3, -0.25) is 29.4 Å². The summed E-state index contributed by atoms with van der Waals surface area (Å²) < 4.78 is 0. The average molecular weight is 389 g/mol. The van der Waals surface area contributed by atoms with Crippen molar-refractivity contribution in [2.75, 3.05) is 6.54 Å². The second-order valence-electron chi connectivity index (χ2n) is 7.30. The molecule has 2 heterocycles. The van der Waals surface area contributed by atoms with Gasteiger partial charge in [0.2, 0.25) is 17.7 Å².